The van der Waals surface area contributed by atoms with E-state index in [2.05, 4.69) is 5.32 Å². The highest BCUT2D eigenvalue weighted by molar-refractivity contribution is 6.36. The van der Waals surface area contributed by atoms with Crippen molar-refractivity contribution in [2.24, 2.45) is 0 Å². The number of hydrogen-bond acceptors (Lipinski definition) is 3. The number of carbonyl (C=O) groups is 2. The van der Waals surface area contributed by atoms with Crippen molar-refractivity contribution in [1.29, 1.82) is 0 Å². The molecule has 126 valence electrons. The highest BCUT2D eigenvalue weighted by atomic mass is 35.5. The maximum Gasteiger partial charge on any atom is 0.310 e. The van der Waals surface area contributed by atoms with Crippen LogP contribution in [0.4, 0.5) is 5.69 Å². The van der Waals surface area contributed by atoms with Crippen molar-refractivity contribution >= 4 is 40.8 Å². The molecule has 6 heteroatoms. The van der Waals surface area contributed by atoms with Crippen LogP contribution < -0.4 is 5.32 Å². The van der Waals surface area contributed by atoms with Crippen molar-refractivity contribution in [3.8, 4) is 0 Å². The fourth-order valence-corrected chi connectivity index (χ4v) is 2.51. The van der Waals surface area contributed by atoms with Gasteiger partial charge in [-0.1, -0.05) is 41.4 Å². The van der Waals surface area contributed by atoms with Crippen LogP contribution in [0.25, 0.3) is 0 Å². The average molecular weight is 366 g/mol. The Morgan fingerprint density at radius 2 is 1.79 bits per heavy atom. The van der Waals surface area contributed by atoms with Crippen LogP contribution in [-0.2, 0) is 20.7 Å². The van der Waals surface area contributed by atoms with E-state index in [1.54, 1.807) is 12.1 Å². The number of amides is 1. The Balaban J connectivity index is 1.84. The fraction of sp³-hybridized carbons (Fsp3) is 0.222. The number of esters is 1. The predicted molar refractivity (Wildman–Crippen MR) is 95.7 cm³/mol. The van der Waals surface area contributed by atoms with E-state index in [0.29, 0.717) is 15.7 Å². The molecule has 0 fully saturated rings. The lowest BCUT2D eigenvalue weighted by Gasteiger charge is -2.09. The summed E-state index contributed by atoms with van der Waals surface area (Å²) in [5.41, 5.74) is 3.53. The summed E-state index contributed by atoms with van der Waals surface area (Å²) in [6.07, 6.45) is 0.121. The van der Waals surface area contributed by atoms with Gasteiger partial charge in [0.2, 0.25) is 0 Å². The third-order valence-electron chi connectivity index (χ3n) is 3.49. The second-order valence-corrected chi connectivity index (χ2v) is 6.27. The van der Waals surface area contributed by atoms with E-state index in [1.165, 1.54) is 6.07 Å². The van der Waals surface area contributed by atoms with E-state index in [4.69, 9.17) is 27.9 Å². The van der Waals surface area contributed by atoms with Gasteiger partial charge in [-0.25, -0.2) is 0 Å². The van der Waals surface area contributed by atoms with Gasteiger partial charge in [0.25, 0.3) is 5.91 Å². The SMILES string of the molecule is Cc1ccc(CC(=O)OCC(=O)Nc2ccc(Cl)cc2Cl)cc1C. The molecular weight excluding hydrogens is 349 g/mol. The molecule has 0 radical (unpaired) electrons. The van der Waals surface area contributed by atoms with Crippen LogP contribution >= 0.6 is 23.2 Å². The van der Waals surface area contributed by atoms with Crippen LogP contribution in [0, 0.1) is 13.8 Å². The van der Waals surface area contributed by atoms with Crippen LogP contribution in [0.3, 0.4) is 0 Å². The van der Waals surface area contributed by atoms with Crippen LogP contribution in [0.2, 0.25) is 10.0 Å². The third kappa shape index (κ3) is 5.25. The van der Waals surface area contributed by atoms with E-state index in [-0.39, 0.29) is 13.0 Å². The number of benzene rings is 2. The van der Waals surface area contributed by atoms with Crippen molar-refractivity contribution in [2.45, 2.75) is 20.3 Å². The molecule has 0 bridgehead atoms. The van der Waals surface area contributed by atoms with Gasteiger partial charge in [-0.05, 0) is 48.7 Å². The second kappa shape index (κ2) is 8.18. The molecule has 0 unspecified atom stereocenters. The zero-order chi connectivity index (χ0) is 17.7. The number of halogens is 2. The largest absolute Gasteiger partial charge is 0.455 e. The summed E-state index contributed by atoms with van der Waals surface area (Å²) in [7, 11) is 0. The van der Waals surface area contributed by atoms with E-state index in [9.17, 15) is 9.59 Å². The van der Waals surface area contributed by atoms with Crippen LogP contribution in [-0.4, -0.2) is 18.5 Å². The Hall–Kier alpha value is -2.04. The topological polar surface area (TPSA) is 55.4 Å². The minimum Gasteiger partial charge on any atom is -0.455 e. The molecule has 2 aromatic rings. The standard InChI is InChI=1S/C18H17Cl2NO3/c1-11-3-4-13(7-12(11)2)8-18(23)24-10-17(22)21-16-6-5-14(19)9-15(16)20/h3-7,9H,8,10H2,1-2H3,(H,21,22). The average Bonchev–Trinajstić information content (AvgIpc) is 2.52. The van der Waals surface area contributed by atoms with E-state index in [1.807, 2.05) is 32.0 Å². The lowest BCUT2D eigenvalue weighted by Crippen LogP contribution is -2.21. The first-order chi connectivity index (χ1) is 11.3. The summed E-state index contributed by atoms with van der Waals surface area (Å²) >= 11 is 11.8. The molecule has 2 aromatic carbocycles. The molecule has 0 atom stereocenters. The van der Waals surface area contributed by atoms with E-state index < -0.39 is 11.9 Å². The minimum atomic E-state index is -0.465. The van der Waals surface area contributed by atoms with Crippen molar-refractivity contribution in [3.63, 3.8) is 0 Å². The molecule has 0 aliphatic carbocycles. The van der Waals surface area contributed by atoms with Gasteiger partial charge in [0.1, 0.15) is 0 Å². The van der Waals surface area contributed by atoms with Gasteiger partial charge in [-0.3, -0.25) is 9.59 Å². The van der Waals surface area contributed by atoms with Gasteiger partial charge in [-0.2, -0.15) is 0 Å². The van der Waals surface area contributed by atoms with Crippen molar-refractivity contribution in [2.75, 3.05) is 11.9 Å². The van der Waals surface area contributed by atoms with Crippen molar-refractivity contribution in [3.05, 3.63) is 63.1 Å². The number of aryl methyl sites for hydroxylation is 2. The zero-order valence-electron chi connectivity index (χ0n) is 13.4. The number of rotatable bonds is 5. The Bertz CT molecular complexity index is 775. The third-order valence-corrected chi connectivity index (χ3v) is 4.04. The summed E-state index contributed by atoms with van der Waals surface area (Å²) in [4.78, 5) is 23.7. The van der Waals surface area contributed by atoms with E-state index in [0.717, 1.165) is 16.7 Å². The molecule has 0 aliphatic heterocycles. The normalized spacial score (nSPS) is 10.3. The molecule has 2 rings (SSSR count). The lowest BCUT2D eigenvalue weighted by molar-refractivity contribution is -0.146. The molecule has 0 spiro atoms. The molecule has 0 heterocycles. The number of nitrogens with one attached hydrogen (secondary N) is 1. The van der Waals surface area contributed by atoms with Gasteiger partial charge in [-0.15, -0.1) is 0 Å². The molecule has 1 amide bonds. The Labute approximate surface area is 150 Å². The molecule has 0 aliphatic rings. The number of ether oxygens (including phenoxy) is 1. The maximum absolute atomic E-state index is 11.8. The minimum absolute atomic E-state index is 0.121. The zero-order valence-corrected chi connectivity index (χ0v) is 14.9. The van der Waals surface area contributed by atoms with E-state index >= 15 is 0 Å². The van der Waals surface area contributed by atoms with Gasteiger partial charge in [0, 0.05) is 5.02 Å². The number of hydrogen-bond donors (Lipinski definition) is 1. The smallest absolute Gasteiger partial charge is 0.310 e. The second-order valence-electron chi connectivity index (χ2n) is 5.43. The fourth-order valence-electron chi connectivity index (χ4n) is 2.05. The summed E-state index contributed by atoms with van der Waals surface area (Å²) in [6.45, 7) is 3.61. The Morgan fingerprint density at radius 1 is 1.04 bits per heavy atom. The predicted octanol–water partition coefficient (Wildman–Crippen LogP) is 4.33. The first-order valence-electron chi connectivity index (χ1n) is 7.32. The molecule has 0 saturated heterocycles. The number of carbonyl (C=O) groups excluding carboxylic acids is 2. The highest BCUT2D eigenvalue weighted by Gasteiger charge is 2.11. The summed E-state index contributed by atoms with van der Waals surface area (Å²) < 4.78 is 4.99. The van der Waals surface area contributed by atoms with Gasteiger partial charge in [0.15, 0.2) is 6.61 Å². The van der Waals surface area contributed by atoms with Crippen LogP contribution in [0.5, 0.6) is 0 Å². The monoisotopic (exact) mass is 365 g/mol. The molecular formula is C18H17Cl2NO3. The molecule has 0 saturated carbocycles. The Morgan fingerprint density at radius 3 is 2.46 bits per heavy atom. The lowest BCUT2D eigenvalue weighted by atomic mass is 10.0. The van der Waals surface area contributed by atoms with Crippen LogP contribution in [0.15, 0.2) is 36.4 Å². The maximum atomic E-state index is 11.8. The van der Waals surface area contributed by atoms with Crippen molar-refractivity contribution < 1.29 is 14.3 Å². The molecule has 1 N–H and O–H groups in total. The first kappa shape index (κ1) is 18.3. The summed E-state index contributed by atoms with van der Waals surface area (Å²) in [5, 5.41) is 3.35. The summed E-state index contributed by atoms with van der Waals surface area (Å²) in [6, 6.07) is 10.5. The molecule has 4 nitrogen and oxygen atoms in total. The van der Waals surface area contributed by atoms with Gasteiger partial charge < -0.3 is 10.1 Å². The molecule has 0 aromatic heterocycles. The number of anilines is 1. The highest BCUT2D eigenvalue weighted by Crippen LogP contribution is 2.25. The summed E-state index contributed by atoms with van der Waals surface area (Å²) in [5.74, 6) is -0.928. The quantitative estimate of drug-likeness (QED) is 0.802. The van der Waals surface area contributed by atoms with Crippen LogP contribution in [0.1, 0.15) is 16.7 Å². The Kier molecular flexibility index (Phi) is 6.23. The molecule has 24 heavy (non-hydrogen) atoms. The first-order valence-corrected chi connectivity index (χ1v) is 8.07. The van der Waals surface area contributed by atoms with Gasteiger partial charge in [0.05, 0.1) is 17.1 Å². The van der Waals surface area contributed by atoms with Crippen molar-refractivity contribution in [1.82, 2.24) is 0 Å². The van der Waals surface area contributed by atoms with Gasteiger partial charge >= 0.3 is 5.97 Å².